The van der Waals surface area contributed by atoms with Crippen molar-refractivity contribution in [2.45, 2.75) is 317 Å². The lowest BCUT2D eigenvalue weighted by atomic mass is 10.0. The van der Waals surface area contributed by atoms with Crippen molar-refractivity contribution >= 4 is 17.9 Å². The molecule has 0 heterocycles. The third-order valence-corrected chi connectivity index (χ3v) is 12.7. The number of hydrogen-bond donors (Lipinski definition) is 0. The average Bonchev–Trinajstić information content (AvgIpc) is 3.24. The monoisotopic (exact) mass is 877 g/mol. The third-order valence-electron chi connectivity index (χ3n) is 12.7. The second-order valence-corrected chi connectivity index (χ2v) is 20.2. The van der Waals surface area contributed by atoms with Gasteiger partial charge in [0.25, 0.3) is 0 Å². The number of carbonyl (C=O) groups is 3. The molecule has 1 atom stereocenters. The summed E-state index contributed by atoms with van der Waals surface area (Å²) in [6, 6.07) is 0. The molecule has 368 valence electrons. The Hall–Kier alpha value is -1.59. The fraction of sp³-hybridized carbons (Fsp3) is 0.946. The molecule has 6 nitrogen and oxygen atoms in total. The van der Waals surface area contributed by atoms with Crippen LogP contribution >= 0.6 is 0 Å². The summed E-state index contributed by atoms with van der Waals surface area (Å²) >= 11 is 0. The molecular weight excluding hydrogens is 769 g/mol. The Kier molecular flexibility index (Phi) is 47.6. The van der Waals surface area contributed by atoms with Gasteiger partial charge in [-0.2, -0.15) is 0 Å². The van der Waals surface area contributed by atoms with Gasteiger partial charge in [-0.15, -0.1) is 0 Å². The van der Waals surface area contributed by atoms with E-state index in [2.05, 4.69) is 34.6 Å². The summed E-state index contributed by atoms with van der Waals surface area (Å²) in [5, 5.41) is 0. The van der Waals surface area contributed by atoms with Gasteiger partial charge in [0.2, 0.25) is 0 Å². The maximum Gasteiger partial charge on any atom is 0.306 e. The molecule has 0 aliphatic rings. The van der Waals surface area contributed by atoms with Crippen LogP contribution in [0.4, 0.5) is 0 Å². The molecule has 0 rings (SSSR count). The van der Waals surface area contributed by atoms with E-state index < -0.39 is 6.10 Å². The van der Waals surface area contributed by atoms with Crippen molar-refractivity contribution in [3.05, 3.63) is 0 Å². The predicted octanol–water partition coefficient (Wildman–Crippen LogP) is 18.1. The van der Waals surface area contributed by atoms with Gasteiger partial charge >= 0.3 is 17.9 Å². The molecule has 0 bridgehead atoms. The van der Waals surface area contributed by atoms with Gasteiger partial charge < -0.3 is 14.2 Å². The van der Waals surface area contributed by atoms with Crippen LogP contribution in [0.25, 0.3) is 0 Å². The van der Waals surface area contributed by atoms with Gasteiger partial charge in [0.15, 0.2) is 6.10 Å². The quantitative estimate of drug-likeness (QED) is 0.0344. The van der Waals surface area contributed by atoms with Crippen LogP contribution in [0.5, 0.6) is 0 Å². The largest absolute Gasteiger partial charge is 0.462 e. The molecular formula is C56H108O6. The number of unbranched alkanes of at least 4 members (excludes halogenated alkanes) is 35. The van der Waals surface area contributed by atoms with Gasteiger partial charge in [-0.05, 0) is 31.1 Å². The highest BCUT2D eigenvalue weighted by atomic mass is 16.6. The second-order valence-electron chi connectivity index (χ2n) is 20.2. The SMILES string of the molecule is CCCCCCCCCCCCCCC(=O)OC[C@@H](COC(=O)CCCCCCCCCCCCCCCCCCCCC(C)C)OC(=O)CCCCCCCCCCC(C)C. The number of rotatable bonds is 50. The Morgan fingerprint density at radius 3 is 0.790 bits per heavy atom. The molecule has 0 aliphatic heterocycles. The van der Waals surface area contributed by atoms with E-state index in [9.17, 15) is 14.4 Å². The van der Waals surface area contributed by atoms with Crippen molar-refractivity contribution in [2.24, 2.45) is 11.8 Å². The normalized spacial score (nSPS) is 12.0. The Bertz CT molecular complexity index is 947. The molecule has 0 aromatic carbocycles. The highest BCUT2D eigenvalue weighted by Gasteiger charge is 2.19. The van der Waals surface area contributed by atoms with E-state index in [4.69, 9.17) is 14.2 Å². The van der Waals surface area contributed by atoms with E-state index in [1.807, 2.05) is 0 Å². The summed E-state index contributed by atoms with van der Waals surface area (Å²) in [6.45, 7) is 11.4. The third kappa shape index (κ3) is 49.4. The summed E-state index contributed by atoms with van der Waals surface area (Å²) in [4.78, 5) is 38.0. The molecule has 0 aromatic rings. The van der Waals surface area contributed by atoms with Crippen molar-refractivity contribution < 1.29 is 28.6 Å². The summed E-state index contributed by atoms with van der Waals surface area (Å²) in [6.07, 6.45) is 51.0. The predicted molar refractivity (Wildman–Crippen MR) is 266 cm³/mol. The zero-order chi connectivity index (χ0) is 45.4. The smallest absolute Gasteiger partial charge is 0.306 e. The minimum absolute atomic E-state index is 0.0635. The zero-order valence-corrected chi connectivity index (χ0v) is 42.5. The van der Waals surface area contributed by atoms with E-state index in [1.165, 1.54) is 199 Å². The van der Waals surface area contributed by atoms with E-state index in [-0.39, 0.29) is 31.1 Å². The fourth-order valence-corrected chi connectivity index (χ4v) is 8.52. The number of ether oxygens (including phenoxy) is 3. The van der Waals surface area contributed by atoms with Crippen molar-refractivity contribution in [2.75, 3.05) is 13.2 Å². The summed E-state index contributed by atoms with van der Waals surface area (Å²) in [7, 11) is 0. The molecule has 0 radical (unpaired) electrons. The lowest BCUT2D eigenvalue weighted by molar-refractivity contribution is -0.167. The second kappa shape index (κ2) is 48.9. The average molecular weight is 877 g/mol. The first kappa shape index (κ1) is 60.4. The maximum absolute atomic E-state index is 12.8. The van der Waals surface area contributed by atoms with Crippen LogP contribution in [0, 0.1) is 11.8 Å². The summed E-state index contributed by atoms with van der Waals surface area (Å²) in [5.41, 5.74) is 0. The Morgan fingerprint density at radius 1 is 0.306 bits per heavy atom. The van der Waals surface area contributed by atoms with Crippen LogP contribution in [0.2, 0.25) is 0 Å². The minimum Gasteiger partial charge on any atom is -0.462 e. The molecule has 0 unspecified atom stereocenters. The summed E-state index contributed by atoms with van der Waals surface area (Å²) in [5.74, 6) is 0.807. The van der Waals surface area contributed by atoms with Crippen molar-refractivity contribution in [3.8, 4) is 0 Å². The molecule has 6 heteroatoms. The van der Waals surface area contributed by atoms with Crippen molar-refractivity contribution in [1.82, 2.24) is 0 Å². The van der Waals surface area contributed by atoms with Crippen LogP contribution in [-0.4, -0.2) is 37.2 Å². The minimum atomic E-state index is -0.762. The van der Waals surface area contributed by atoms with E-state index in [0.29, 0.717) is 19.3 Å². The van der Waals surface area contributed by atoms with Crippen LogP contribution in [0.15, 0.2) is 0 Å². The summed E-state index contributed by atoms with van der Waals surface area (Å²) < 4.78 is 16.8. The molecule has 0 spiro atoms. The van der Waals surface area contributed by atoms with Gasteiger partial charge in [-0.25, -0.2) is 0 Å². The highest BCUT2D eigenvalue weighted by molar-refractivity contribution is 5.71. The van der Waals surface area contributed by atoms with Gasteiger partial charge in [-0.1, -0.05) is 272 Å². The molecule has 62 heavy (non-hydrogen) atoms. The van der Waals surface area contributed by atoms with Gasteiger partial charge in [0.1, 0.15) is 13.2 Å². The van der Waals surface area contributed by atoms with Crippen LogP contribution in [0.3, 0.4) is 0 Å². The molecule has 0 aliphatic carbocycles. The topological polar surface area (TPSA) is 78.9 Å². The van der Waals surface area contributed by atoms with Gasteiger partial charge in [0.05, 0.1) is 0 Å². The molecule has 0 fully saturated rings. The van der Waals surface area contributed by atoms with E-state index in [0.717, 1.165) is 69.6 Å². The number of esters is 3. The lowest BCUT2D eigenvalue weighted by Gasteiger charge is -2.18. The zero-order valence-electron chi connectivity index (χ0n) is 42.5. The first-order chi connectivity index (χ1) is 30.2. The van der Waals surface area contributed by atoms with Gasteiger partial charge in [-0.3, -0.25) is 14.4 Å². The van der Waals surface area contributed by atoms with Gasteiger partial charge in [0, 0.05) is 19.3 Å². The van der Waals surface area contributed by atoms with E-state index >= 15 is 0 Å². The lowest BCUT2D eigenvalue weighted by Crippen LogP contribution is -2.30. The molecule has 0 saturated carbocycles. The Labute approximate surface area is 387 Å². The standard InChI is InChI=1S/C56H108O6/c1-6-7-8-9-10-11-12-22-25-31-36-41-46-54(57)60-49-53(62-56(59)48-43-38-33-28-27-30-35-40-45-52(4)5)50-61-55(58)47-42-37-32-26-23-20-18-16-14-13-15-17-19-21-24-29-34-39-44-51(2)3/h51-53H,6-50H2,1-5H3/t53-/m0/s1. The van der Waals surface area contributed by atoms with Crippen LogP contribution in [0.1, 0.15) is 311 Å². The van der Waals surface area contributed by atoms with Crippen molar-refractivity contribution in [3.63, 3.8) is 0 Å². The maximum atomic E-state index is 12.8. The van der Waals surface area contributed by atoms with Crippen molar-refractivity contribution in [1.29, 1.82) is 0 Å². The first-order valence-corrected chi connectivity index (χ1v) is 27.7. The number of hydrogen-bond acceptors (Lipinski definition) is 6. The first-order valence-electron chi connectivity index (χ1n) is 27.7. The number of carbonyl (C=O) groups excluding carboxylic acids is 3. The molecule has 0 amide bonds. The molecule has 0 N–H and O–H groups in total. The van der Waals surface area contributed by atoms with Crippen LogP contribution < -0.4 is 0 Å². The Morgan fingerprint density at radius 2 is 0.532 bits per heavy atom. The molecule has 0 saturated heterocycles. The van der Waals surface area contributed by atoms with Crippen LogP contribution in [-0.2, 0) is 28.6 Å². The highest BCUT2D eigenvalue weighted by Crippen LogP contribution is 2.18. The molecule has 0 aromatic heterocycles. The van der Waals surface area contributed by atoms with E-state index in [1.54, 1.807) is 0 Å². The fourth-order valence-electron chi connectivity index (χ4n) is 8.52. The Balaban J connectivity index is 4.20.